The average Bonchev–Trinajstić information content (AvgIpc) is 2.85. The van der Waals surface area contributed by atoms with Gasteiger partial charge in [-0.2, -0.15) is 0 Å². The lowest BCUT2D eigenvalue weighted by Crippen LogP contribution is -2.49. The van der Waals surface area contributed by atoms with Crippen LogP contribution in [0.5, 0.6) is 0 Å². The summed E-state index contributed by atoms with van der Waals surface area (Å²) < 4.78 is 0. The molecule has 0 radical (unpaired) electrons. The molecule has 5 heteroatoms. The predicted molar refractivity (Wildman–Crippen MR) is 69.5 cm³/mol. The van der Waals surface area contributed by atoms with Crippen molar-refractivity contribution in [2.45, 2.75) is 52.0 Å². The van der Waals surface area contributed by atoms with Gasteiger partial charge in [0.25, 0.3) is 0 Å². The van der Waals surface area contributed by atoms with Crippen LogP contribution in [0.2, 0.25) is 0 Å². The highest BCUT2D eigenvalue weighted by Gasteiger charge is 2.30. The van der Waals surface area contributed by atoms with Gasteiger partial charge < -0.3 is 14.9 Å². The fourth-order valence-corrected chi connectivity index (χ4v) is 2.56. The normalized spacial score (nSPS) is 15.7. The smallest absolute Gasteiger partial charge is 0.323 e. The van der Waals surface area contributed by atoms with Gasteiger partial charge in [-0.1, -0.05) is 19.8 Å². The van der Waals surface area contributed by atoms with E-state index >= 15 is 0 Å². The van der Waals surface area contributed by atoms with E-state index in [9.17, 15) is 9.59 Å². The maximum Gasteiger partial charge on any atom is 0.323 e. The molecule has 0 heterocycles. The van der Waals surface area contributed by atoms with Gasteiger partial charge in [0, 0.05) is 19.1 Å². The molecular formula is C13H24N2O3. The maximum absolute atomic E-state index is 12.4. The molecule has 1 aliphatic carbocycles. The lowest BCUT2D eigenvalue weighted by molar-refractivity contribution is -0.138. The van der Waals surface area contributed by atoms with Crippen molar-refractivity contribution in [3.63, 3.8) is 0 Å². The Labute approximate surface area is 109 Å². The van der Waals surface area contributed by atoms with Crippen LogP contribution in [0.3, 0.4) is 0 Å². The van der Waals surface area contributed by atoms with Gasteiger partial charge in [-0.05, 0) is 26.2 Å². The molecule has 5 nitrogen and oxygen atoms in total. The summed E-state index contributed by atoms with van der Waals surface area (Å²) in [7, 11) is 0. The first kappa shape index (κ1) is 14.8. The van der Waals surface area contributed by atoms with Crippen molar-refractivity contribution in [1.29, 1.82) is 0 Å². The zero-order valence-corrected chi connectivity index (χ0v) is 11.4. The molecule has 0 atom stereocenters. The van der Waals surface area contributed by atoms with E-state index in [2.05, 4.69) is 0 Å². The summed E-state index contributed by atoms with van der Waals surface area (Å²) >= 11 is 0. The molecule has 0 aromatic rings. The summed E-state index contributed by atoms with van der Waals surface area (Å²) in [6.07, 6.45) is 4.94. The lowest BCUT2D eigenvalue weighted by Gasteiger charge is -2.33. The maximum atomic E-state index is 12.4. The molecule has 1 fully saturated rings. The number of urea groups is 1. The predicted octanol–water partition coefficient (Wildman–Crippen LogP) is 2.17. The van der Waals surface area contributed by atoms with Gasteiger partial charge in [0.1, 0.15) is 6.54 Å². The molecule has 0 spiro atoms. The van der Waals surface area contributed by atoms with Crippen LogP contribution < -0.4 is 0 Å². The highest BCUT2D eigenvalue weighted by Crippen LogP contribution is 2.24. The van der Waals surface area contributed by atoms with Crippen molar-refractivity contribution in [3.05, 3.63) is 0 Å². The van der Waals surface area contributed by atoms with Crippen molar-refractivity contribution in [1.82, 2.24) is 9.80 Å². The number of hydrogen-bond acceptors (Lipinski definition) is 2. The molecule has 0 aliphatic heterocycles. The monoisotopic (exact) mass is 256 g/mol. The summed E-state index contributed by atoms with van der Waals surface area (Å²) in [4.78, 5) is 26.6. The number of aliphatic carboxylic acids is 1. The molecule has 0 aromatic heterocycles. The Balaban J connectivity index is 2.73. The van der Waals surface area contributed by atoms with Crippen LogP contribution in [0.15, 0.2) is 0 Å². The average molecular weight is 256 g/mol. The van der Waals surface area contributed by atoms with Gasteiger partial charge in [-0.25, -0.2) is 4.79 Å². The van der Waals surface area contributed by atoms with Crippen LogP contribution >= 0.6 is 0 Å². The third-order valence-electron chi connectivity index (χ3n) is 3.46. The summed E-state index contributed by atoms with van der Waals surface area (Å²) in [6.45, 7) is 5.10. The first-order valence-corrected chi connectivity index (χ1v) is 6.87. The Bertz CT molecular complexity index is 288. The van der Waals surface area contributed by atoms with Crippen LogP contribution in [-0.4, -0.2) is 52.6 Å². The molecule has 1 N–H and O–H groups in total. The second-order valence-electron chi connectivity index (χ2n) is 4.82. The number of carboxylic acids is 1. The van der Waals surface area contributed by atoms with Gasteiger partial charge >= 0.3 is 12.0 Å². The minimum atomic E-state index is -0.928. The largest absolute Gasteiger partial charge is 0.480 e. The fourth-order valence-electron chi connectivity index (χ4n) is 2.56. The molecule has 0 aromatic carbocycles. The van der Waals surface area contributed by atoms with Gasteiger partial charge in [-0.3, -0.25) is 4.79 Å². The first-order valence-electron chi connectivity index (χ1n) is 6.87. The van der Waals surface area contributed by atoms with Crippen molar-refractivity contribution in [2.24, 2.45) is 0 Å². The van der Waals surface area contributed by atoms with Crippen LogP contribution in [-0.2, 0) is 4.79 Å². The van der Waals surface area contributed by atoms with Crippen molar-refractivity contribution < 1.29 is 14.7 Å². The number of carbonyl (C=O) groups is 2. The van der Waals surface area contributed by atoms with E-state index < -0.39 is 5.97 Å². The molecule has 18 heavy (non-hydrogen) atoms. The molecule has 0 saturated heterocycles. The van der Waals surface area contributed by atoms with Gasteiger partial charge in [0.05, 0.1) is 0 Å². The lowest BCUT2D eigenvalue weighted by atomic mass is 10.2. The molecule has 104 valence electrons. The summed E-state index contributed by atoms with van der Waals surface area (Å²) in [5, 5.41) is 8.97. The van der Waals surface area contributed by atoms with E-state index in [0.717, 1.165) is 32.1 Å². The molecule has 2 amide bonds. The summed E-state index contributed by atoms with van der Waals surface area (Å²) in [5.41, 5.74) is 0. The molecular weight excluding hydrogens is 232 g/mol. The molecule has 1 rings (SSSR count). The Hall–Kier alpha value is -1.26. The Kier molecular flexibility index (Phi) is 5.95. The quantitative estimate of drug-likeness (QED) is 0.792. The van der Waals surface area contributed by atoms with Crippen LogP contribution in [0.1, 0.15) is 46.0 Å². The van der Waals surface area contributed by atoms with E-state index in [4.69, 9.17) is 5.11 Å². The highest BCUT2D eigenvalue weighted by atomic mass is 16.4. The Morgan fingerprint density at radius 2 is 1.83 bits per heavy atom. The van der Waals surface area contributed by atoms with Crippen LogP contribution in [0, 0.1) is 0 Å². The number of nitrogens with zero attached hydrogens (tertiary/aromatic N) is 2. The molecule has 0 unspecified atom stereocenters. The second kappa shape index (κ2) is 7.24. The second-order valence-corrected chi connectivity index (χ2v) is 4.82. The zero-order chi connectivity index (χ0) is 13.5. The minimum absolute atomic E-state index is 0.111. The highest BCUT2D eigenvalue weighted by molar-refractivity contribution is 5.80. The van der Waals surface area contributed by atoms with E-state index in [1.807, 2.05) is 13.8 Å². The minimum Gasteiger partial charge on any atom is -0.480 e. The number of rotatable bonds is 6. The van der Waals surface area contributed by atoms with E-state index in [1.54, 1.807) is 9.80 Å². The van der Waals surface area contributed by atoms with E-state index in [0.29, 0.717) is 13.1 Å². The number of carbonyl (C=O) groups excluding carboxylic acids is 1. The van der Waals surface area contributed by atoms with Gasteiger partial charge in [0.15, 0.2) is 0 Å². The molecule has 1 saturated carbocycles. The van der Waals surface area contributed by atoms with Crippen LogP contribution in [0.25, 0.3) is 0 Å². The summed E-state index contributed by atoms with van der Waals surface area (Å²) in [6, 6.07) is -0.00634. The van der Waals surface area contributed by atoms with Gasteiger partial charge in [-0.15, -0.1) is 0 Å². The van der Waals surface area contributed by atoms with Crippen molar-refractivity contribution in [3.8, 4) is 0 Å². The molecule has 1 aliphatic rings. The summed E-state index contributed by atoms with van der Waals surface area (Å²) in [5.74, 6) is -0.928. The topological polar surface area (TPSA) is 60.9 Å². The number of hydrogen-bond donors (Lipinski definition) is 1. The van der Waals surface area contributed by atoms with Crippen molar-refractivity contribution >= 4 is 12.0 Å². The van der Waals surface area contributed by atoms with Crippen molar-refractivity contribution in [2.75, 3.05) is 19.6 Å². The zero-order valence-electron chi connectivity index (χ0n) is 11.4. The third kappa shape index (κ3) is 3.89. The van der Waals surface area contributed by atoms with Crippen LogP contribution in [0.4, 0.5) is 4.79 Å². The number of carboxylic acid groups (broad SMARTS) is 1. The number of amides is 2. The first-order chi connectivity index (χ1) is 8.60. The fraction of sp³-hybridized carbons (Fsp3) is 0.846. The Morgan fingerprint density at radius 1 is 1.22 bits per heavy atom. The SMILES string of the molecule is CCCN(CC)C(=O)N(CC(=O)O)C1CCCC1. The standard InChI is InChI=1S/C13H24N2O3/c1-3-9-14(4-2)13(18)15(10-12(16)17)11-7-5-6-8-11/h11H,3-10H2,1-2H3,(H,16,17). The van der Waals surface area contributed by atoms with E-state index in [1.165, 1.54) is 0 Å². The molecule has 0 bridgehead atoms. The Morgan fingerprint density at radius 3 is 2.28 bits per heavy atom. The van der Waals surface area contributed by atoms with E-state index in [-0.39, 0.29) is 18.6 Å². The van der Waals surface area contributed by atoms with Gasteiger partial charge in [0.2, 0.25) is 0 Å². The third-order valence-corrected chi connectivity index (χ3v) is 3.46.